The minimum absolute atomic E-state index is 0.112. The van der Waals surface area contributed by atoms with Gasteiger partial charge >= 0.3 is 0 Å². The molecule has 1 heterocycles. The molecule has 0 amide bonds. The molecule has 0 radical (unpaired) electrons. The zero-order chi connectivity index (χ0) is 15.5. The summed E-state index contributed by atoms with van der Waals surface area (Å²) in [6.45, 7) is -0.514. The smallest absolute Gasteiger partial charge is 0.274 e. The van der Waals surface area contributed by atoms with E-state index in [1.807, 2.05) is 0 Å². The highest BCUT2D eigenvalue weighted by molar-refractivity contribution is 7.89. The van der Waals surface area contributed by atoms with Crippen LogP contribution in [0, 0.1) is 10.1 Å². The molecule has 0 saturated carbocycles. The van der Waals surface area contributed by atoms with E-state index in [4.69, 9.17) is 9.52 Å². The van der Waals surface area contributed by atoms with Gasteiger partial charge in [0.2, 0.25) is 5.09 Å². The molecule has 1 aromatic carbocycles. The molecule has 0 aliphatic carbocycles. The second kappa shape index (κ2) is 6.04. The number of hydrogen-bond acceptors (Lipinski definition) is 6. The third kappa shape index (κ3) is 3.66. The van der Waals surface area contributed by atoms with E-state index in [1.54, 1.807) is 6.07 Å². The lowest BCUT2D eigenvalue weighted by atomic mass is 10.2. The number of nitrogens with zero attached hydrogens (tertiary/aromatic N) is 1. The number of non-ortho nitro benzene ring substituents is 1. The van der Waals surface area contributed by atoms with E-state index < -0.39 is 21.6 Å². The van der Waals surface area contributed by atoms with Gasteiger partial charge in [-0.3, -0.25) is 10.1 Å². The molecular weight excluding hydrogens is 300 g/mol. The molecule has 0 atom stereocenters. The maximum atomic E-state index is 11.9. The van der Waals surface area contributed by atoms with E-state index in [-0.39, 0.29) is 23.1 Å². The highest BCUT2D eigenvalue weighted by atomic mass is 32.2. The summed E-state index contributed by atoms with van der Waals surface area (Å²) in [7, 11) is -3.88. The molecular formula is C12H12N2O6S. The van der Waals surface area contributed by atoms with Gasteiger partial charge in [0.05, 0.1) is 4.92 Å². The van der Waals surface area contributed by atoms with Gasteiger partial charge in [-0.25, -0.2) is 13.1 Å². The van der Waals surface area contributed by atoms with Gasteiger partial charge in [-0.2, -0.15) is 0 Å². The second-order valence-electron chi connectivity index (χ2n) is 4.13. The van der Waals surface area contributed by atoms with Gasteiger partial charge in [-0.1, -0.05) is 12.1 Å². The van der Waals surface area contributed by atoms with Crippen LogP contribution in [-0.2, 0) is 23.2 Å². The van der Waals surface area contributed by atoms with Gasteiger partial charge in [0.15, 0.2) is 0 Å². The van der Waals surface area contributed by atoms with Gasteiger partial charge in [0, 0.05) is 18.7 Å². The Morgan fingerprint density at radius 1 is 1.29 bits per heavy atom. The fourth-order valence-corrected chi connectivity index (χ4v) is 2.58. The van der Waals surface area contributed by atoms with Gasteiger partial charge in [0.1, 0.15) is 12.4 Å². The van der Waals surface area contributed by atoms with Crippen molar-refractivity contribution < 1.29 is 22.9 Å². The van der Waals surface area contributed by atoms with Crippen LogP contribution in [0.25, 0.3) is 0 Å². The van der Waals surface area contributed by atoms with Gasteiger partial charge in [0.25, 0.3) is 15.7 Å². The standard InChI is InChI=1S/C12H12N2O6S/c15-8-11-4-5-12(20-11)21(18,19)13-7-9-2-1-3-10(6-9)14(16)17/h1-6,13,15H,7-8H2. The molecule has 1 aromatic heterocycles. The van der Waals surface area contributed by atoms with Crippen LogP contribution in [0.15, 0.2) is 45.9 Å². The summed E-state index contributed by atoms with van der Waals surface area (Å²) in [4.78, 5) is 10.1. The molecule has 2 rings (SSSR count). The highest BCUT2D eigenvalue weighted by Gasteiger charge is 2.18. The van der Waals surface area contributed by atoms with E-state index in [0.29, 0.717) is 5.56 Å². The summed E-state index contributed by atoms with van der Waals surface area (Å²) in [6, 6.07) is 8.21. The van der Waals surface area contributed by atoms with Crippen molar-refractivity contribution in [2.45, 2.75) is 18.2 Å². The Hall–Kier alpha value is -2.23. The number of benzene rings is 1. The van der Waals surface area contributed by atoms with E-state index in [1.165, 1.54) is 30.3 Å². The first kappa shape index (κ1) is 15.2. The lowest BCUT2D eigenvalue weighted by Gasteiger charge is -2.04. The third-order valence-electron chi connectivity index (χ3n) is 2.65. The molecule has 0 saturated heterocycles. The average Bonchev–Trinajstić information content (AvgIpc) is 2.95. The molecule has 0 aliphatic heterocycles. The highest BCUT2D eigenvalue weighted by Crippen LogP contribution is 2.16. The summed E-state index contributed by atoms with van der Waals surface area (Å²) in [5, 5.41) is 19.2. The van der Waals surface area contributed by atoms with E-state index >= 15 is 0 Å². The van der Waals surface area contributed by atoms with E-state index in [2.05, 4.69) is 4.72 Å². The number of hydrogen-bond donors (Lipinski definition) is 2. The van der Waals surface area contributed by atoms with Gasteiger partial charge in [-0.05, 0) is 17.7 Å². The fraction of sp³-hybridized carbons (Fsp3) is 0.167. The predicted octanol–water partition coefficient (Wildman–Crippen LogP) is 1.16. The number of nitro benzene ring substituents is 1. The van der Waals surface area contributed by atoms with Crippen molar-refractivity contribution in [3.05, 3.63) is 57.8 Å². The average molecular weight is 312 g/mol. The van der Waals surface area contributed by atoms with Crippen LogP contribution in [-0.4, -0.2) is 18.4 Å². The number of rotatable bonds is 6. The third-order valence-corrected chi connectivity index (χ3v) is 3.92. The minimum Gasteiger partial charge on any atom is -0.446 e. The molecule has 0 aliphatic rings. The Balaban J connectivity index is 2.11. The predicted molar refractivity (Wildman–Crippen MR) is 71.8 cm³/mol. The SMILES string of the molecule is O=[N+]([O-])c1cccc(CNS(=O)(=O)c2ccc(CO)o2)c1. The van der Waals surface area contributed by atoms with Gasteiger partial charge in [-0.15, -0.1) is 0 Å². The molecule has 112 valence electrons. The maximum absolute atomic E-state index is 11.9. The Bertz CT molecular complexity index is 753. The number of aliphatic hydroxyl groups is 1. The van der Waals surface area contributed by atoms with Crippen molar-refractivity contribution in [3.63, 3.8) is 0 Å². The number of aliphatic hydroxyl groups excluding tert-OH is 1. The molecule has 0 spiro atoms. The Morgan fingerprint density at radius 2 is 2.05 bits per heavy atom. The summed E-state index contributed by atoms with van der Waals surface area (Å²) >= 11 is 0. The molecule has 2 N–H and O–H groups in total. The number of nitrogens with one attached hydrogen (secondary N) is 1. The topological polar surface area (TPSA) is 123 Å². The van der Waals surface area contributed by atoms with Gasteiger partial charge < -0.3 is 9.52 Å². The maximum Gasteiger partial charge on any atom is 0.274 e. The summed E-state index contributed by atoms with van der Waals surface area (Å²) in [6.07, 6.45) is 0. The summed E-state index contributed by atoms with van der Waals surface area (Å²) in [5.41, 5.74) is 0.328. The summed E-state index contributed by atoms with van der Waals surface area (Å²) in [5.74, 6) is 0.130. The van der Waals surface area contributed by atoms with Crippen molar-refractivity contribution in [2.24, 2.45) is 0 Å². The molecule has 8 nitrogen and oxygen atoms in total. The first-order valence-corrected chi connectivity index (χ1v) is 7.33. The Kier molecular flexibility index (Phi) is 4.36. The molecule has 21 heavy (non-hydrogen) atoms. The molecule has 2 aromatic rings. The van der Waals surface area contributed by atoms with Crippen LogP contribution < -0.4 is 4.72 Å². The number of sulfonamides is 1. The van der Waals surface area contributed by atoms with Crippen LogP contribution in [0.1, 0.15) is 11.3 Å². The van der Waals surface area contributed by atoms with Crippen LogP contribution in [0.3, 0.4) is 0 Å². The lowest BCUT2D eigenvalue weighted by molar-refractivity contribution is -0.384. The monoisotopic (exact) mass is 312 g/mol. The molecule has 0 bridgehead atoms. The quantitative estimate of drug-likeness (QED) is 0.609. The number of furan rings is 1. The van der Waals surface area contributed by atoms with Crippen LogP contribution in [0.2, 0.25) is 0 Å². The Morgan fingerprint density at radius 3 is 2.67 bits per heavy atom. The van der Waals surface area contributed by atoms with Crippen LogP contribution in [0.4, 0.5) is 5.69 Å². The molecule has 9 heteroatoms. The number of nitro groups is 1. The van der Waals surface area contributed by atoms with Crippen molar-refractivity contribution in [1.29, 1.82) is 0 Å². The van der Waals surface area contributed by atoms with Crippen molar-refractivity contribution >= 4 is 15.7 Å². The first-order valence-electron chi connectivity index (χ1n) is 5.85. The van der Waals surface area contributed by atoms with E-state index in [9.17, 15) is 18.5 Å². The van der Waals surface area contributed by atoms with Crippen molar-refractivity contribution in [1.82, 2.24) is 4.72 Å². The van der Waals surface area contributed by atoms with E-state index in [0.717, 1.165) is 0 Å². The first-order chi connectivity index (χ1) is 9.92. The zero-order valence-corrected chi connectivity index (χ0v) is 11.5. The Labute approximate surface area is 120 Å². The zero-order valence-electron chi connectivity index (χ0n) is 10.7. The molecule has 0 unspecified atom stereocenters. The second-order valence-corrected chi connectivity index (χ2v) is 5.83. The largest absolute Gasteiger partial charge is 0.446 e. The summed E-state index contributed by atoms with van der Waals surface area (Å²) < 4.78 is 31.1. The fourth-order valence-electron chi connectivity index (χ4n) is 1.62. The lowest BCUT2D eigenvalue weighted by Crippen LogP contribution is -2.22. The van der Waals surface area contributed by atoms with Crippen molar-refractivity contribution in [2.75, 3.05) is 0 Å². The molecule has 0 fully saturated rings. The van der Waals surface area contributed by atoms with Crippen LogP contribution in [0.5, 0.6) is 0 Å². The normalized spacial score (nSPS) is 11.5. The minimum atomic E-state index is -3.88. The van der Waals surface area contributed by atoms with Crippen LogP contribution >= 0.6 is 0 Å². The van der Waals surface area contributed by atoms with Crippen molar-refractivity contribution in [3.8, 4) is 0 Å².